The molecular formula is C24H29N3O2. The third-order valence-corrected chi connectivity index (χ3v) is 8.20. The van der Waals surface area contributed by atoms with E-state index in [1.165, 1.54) is 16.8 Å². The van der Waals surface area contributed by atoms with Crippen LogP contribution in [-0.2, 0) is 4.79 Å². The molecule has 1 spiro atoms. The highest BCUT2D eigenvalue weighted by atomic mass is 16.3. The van der Waals surface area contributed by atoms with Crippen molar-refractivity contribution in [3.63, 3.8) is 0 Å². The number of piperidine rings is 1. The Kier molecular flexibility index (Phi) is 4.01. The van der Waals surface area contributed by atoms with Crippen LogP contribution in [0.2, 0.25) is 0 Å². The van der Waals surface area contributed by atoms with E-state index in [1.807, 2.05) is 12.5 Å². The molecule has 2 aromatic rings. The van der Waals surface area contributed by atoms with Crippen molar-refractivity contribution in [2.24, 2.45) is 17.3 Å². The Bertz CT molecular complexity index is 939. The summed E-state index contributed by atoms with van der Waals surface area (Å²) < 4.78 is 2.28. The molecule has 5 nitrogen and oxygen atoms in total. The zero-order valence-electron chi connectivity index (χ0n) is 16.8. The van der Waals surface area contributed by atoms with E-state index < -0.39 is 0 Å². The van der Waals surface area contributed by atoms with Gasteiger partial charge in [0.2, 0.25) is 0 Å². The van der Waals surface area contributed by atoms with E-state index >= 15 is 0 Å². The van der Waals surface area contributed by atoms with Gasteiger partial charge in [-0.05, 0) is 62.6 Å². The van der Waals surface area contributed by atoms with Crippen molar-refractivity contribution < 1.29 is 9.90 Å². The minimum Gasteiger partial charge on any atom is -0.392 e. The van der Waals surface area contributed by atoms with E-state index in [4.69, 9.17) is 0 Å². The number of aliphatic hydroxyl groups is 1. The highest BCUT2D eigenvalue weighted by Gasteiger charge is 2.53. The lowest BCUT2D eigenvalue weighted by Gasteiger charge is -2.42. The van der Waals surface area contributed by atoms with Gasteiger partial charge in [-0.3, -0.25) is 9.69 Å². The second-order valence-corrected chi connectivity index (χ2v) is 9.74. The average molecular weight is 392 g/mol. The average Bonchev–Trinajstić information content (AvgIpc) is 3.32. The Morgan fingerprint density at radius 2 is 1.93 bits per heavy atom. The quantitative estimate of drug-likeness (QED) is 0.869. The zero-order valence-corrected chi connectivity index (χ0v) is 16.8. The summed E-state index contributed by atoms with van der Waals surface area (Å²) >= 11 is 0. The molecule has 2 saturated carbocycles. The van der Waals surface area contributed by atoms with Crippen molar-refractivity contribution in [1.82, 2.24) is 14.5 Å². The molecule has 6 rings (SSSR count). The van der Waals surface area contributed by atoms with E-state index in [0.717, 1.165) is 51.6 Å². The predicted molar refractivity (Wildman–Crippen MR) is 110 cm³/mol. The lowest BCUT2D eigenvalue weighted by molar-refractivity contribution is -0.122. The van der Waals surface area contributed by atoms with Gasteiger partial charge in [0, 0.05) is 17.4 Å². The zero-order chi connectivity index (χ0) is 19.6. The Hall–Kier alpha value is -1.98. The standard InChI is InChI=1S/C24H29N3O2/c28-21(16-5-6-16)14-26-11-9-24(10-12-26)8-7-19(23(24)29)22-18-4-2-1-3-17(18)20-13-25-15-27(20)22/h1-4,13,15-16,19,22-23,29H,5-12,14H2/t19-,22+,23+/m0/s1. The Morgan fingerprint density at radius 3 is 2.72 bits per heavy atom. The van der Waals surface area contributed by atoms with Crippen LogP contribution in [0.5, 0.6) is 0 Å². The number of benzene rings is 1. The summed E-state index contributed by atoms with van der Waals surface area (Å²) in [6.07, 6.45) is 9.93. The molecule has 1 N–H and O–H groups in total. The SMILES string of the molecule is O=C(CN1CCC2(CC[C@@H]([C@H]3c4ccccc4-c4cncn43)[C@H]2O)CC1)C1CC1. The van der Waals surface area contributed by atoms with Crippen LogP contribution in [0.3, 0.4) is 0 Å². The van der Waals surface area contributed by atoms with Crippen LogP contribution < -0.4 is 0 Å². The van der Waals surface area contributed by atoms with Crippen molar-refractivity contribution in [3.8, 4) is 11.3 Å². The predicted octanol–water partition coefficient (Wildman–Crippen LogP) is 3.29. The van der Waals surface area contributed by atoms with Crippen molar-refractivity contribution >= 4 is 5.78 Å². The summed E-state index contributed by atoms with van der Waals surface area (Å²) in [5, 5.41) is 11.6. The Labute approximate surface area is 171 Å². The molecule has 3 fully saturated rings. The largest absolute Gasteiger partial charge is 0.392 e. The number of hydrogen-bond donors (Lipinski definition) is 1. The molecule has 4 aliphatic rings. The van der Waals surface area contributed by atoms with Crippen LogP contribution >= 0.6 is 0 Å². The molecule has 29 heavy (non-hydrogen) atoms. The number of carbonyl (C=O) groups is 1. The Balaban J connectivity index is 1.21. The molecule has 152 valence electrons. The van der Waals surface area contributed by atoms with Gasteiger partial charge in [0.15, 0.2) is 0 Å². The summed E-state index contributed by atoms with van der Waals surface area (Å²) in [6.45, 7) is 2.51. The molecule has 0 amide bonds. The summed E-state index contributed by atoms with van der Waals surface area (Å²) in [6, 6.07) is 8.78. The normalized spacial score (nSPS) is 30.4. The van der Waals surface area contributed by atoms with Gasteiger partial charge in [-0.15, -0.1) is 0 Å². The van der Waals surface area contributed by atoms with E-state index in [2.05, 4.69) is 38.7 Å². The van der Waals surface area contributed by atoms with Gasteiger partial charge < -0.3 is 9.67 Å². The van der Waals surface area contributed by atoms with Crippen LogP contribution in [-0.4, -0.2) is 51.1 Å². The molecule has 5 heteroatoms. The van der Waals surface area contributed by atoms with Crippen LogP contribution in [0.4, 0.5) is 0 Å². The topological polar surface area (TPSA) is 58.4 Å². The first kappa shape index (κ1) is 17.8. The fraction of sp³-hybridized carbons (Fsp3) is 0.583. The number of imidazole rings is 1. The smallest absolute Gasteiger partial charge is 0.149 e. The summed E-state index contributed by atoms with van der Waals surface area (Å²) in [5.41, 5.74) is 3.78. The van der Waals surface area contributed by atoms with E-state index in [-0.39, 0.29) is 23.5 Å². The van der Waals surface area contributed by atoms with Gasteiger partial charge in [-0.2, -0.15) is 0 Å². The van der Waals surface area contributed by atoms with Crippen LogP contribution in [0, 0.1) is 17.3 Å². The van der Waals surface area contributed by atoms with Crippen molar-refractivity contribution in [2.75, 3.05) is 19.6 Å². The summed E-state index contributed by atoms with van der Waals surface area (Å²) in [4.78, 5) is 18.9. The minimum absolute atomic E-state index is 0.0159. The van der Waals surface area contributed by atoms with Gasteiger partial charge in [0.05, 0.1) is 36.9 Å². The van der Waals surface area contributed by atoms with Crippen molar-refractivity contribution in [1.29, 1.82) is 0 Å². The molecule has 0 bridgehead atoms. The van der Waals surface area contributed by atoms with E-state index in [9.17, 15) is 9.90 Å². The van der Waals surface area contributed by atoms with Crippen molar-refractivity contribution in [3.05, 3.63) is 42.4 Å². The van der Waals surface area contributed by atoms with Gasteiger partial charge >= 0.3 is 0 Å². The number of hydrogen-bond acceptors (Lipinski definition) is 4. The number of ketones is 1. The minimum atomic E-state index is -0.296. The van der Waals surface area contributed by atoms with Gasteiger partial charge in [0.1, 0.15) is 5.78 Å². The van der Waals surface area contributed by atoms with Crippen molar-refractivity contribution in [2.45, 2.75) is 50.7 Å². The fourth-order valence-corrected chi connectivity index (χ4v) is 6.31. The first-order valence-corrected chi connectivity index (χ1v) is 11.2. The second kappa shape index (κ2) is 6.51. The van der Waals surface area contributed by atoms with E-state index in [0.29, 0.717) is 18.2 Å². The molecular weight excluding hydrogens is 362 g/mol. The number of fused-ring (bicyclic) bond motifs is 3. The molecule has 2 aliphatic carbocycles. The summed E-state index contributed by atoms with van der Waals surface area (Å²) in [5.74, 6) is 1.01. The van der Waals surface area contributed by atoms with Crippen LogP contribution in [0.15, 0.2) is 36.8 Å². The molecule has 1 aromatic heterocycles. The van der Waals surface area contributed by atoms with Crippen LogP contribution in [0.1, 0.15) is 50.1 Å². The van der Waals surface area contributed by atoms with Crippen LogP contribution in [0.25, 0.3) is 11.3 Å². The number of likely N-dealkylation sites (tertiary alicyclic amines) is 1. The molecule has 3 atom stereocenters. The maximum atomic E-state index is 12.2. The molecule has 1 aromatic carbocycles. The highest BCUT2D eigenvalue weighted by molar-refractivity contribution is 5.85. The second-order valence-electron chi connectivity index (χ2n) is 9.74. The fourth-order valence-electron chi connectivity index (χ4n) is 6.31. The van der Waals surface area contributed by atoms with E-state index in [1.54, 1.807) is 0 Å². The maximum Gasteiger partial charge on any atom is 0.149 e. The highest BCUT2D eigenvalue weighted by Crippen LogP contribution is 2.55. The molecule has 2 aliphatic heterocycles. The number of carbonyl (C=O) groups excluding carboxylic acids is 1. The molecule has 3 heterocycles. The lowest BCUT2D eigenvalue weighted by Crippen LogP contribution is -2.47. The number of aliphatic hydroxyl groups excluding tert-OH is 1. The molecule has 1 saturated heterocycles. The Morgan fingerprint density at radius 1 is 1.14 bits per heavy atom. The molecule has 0 unspecified atom stereocenters. The monoisotopic (exact) mass is 391 g/mol. The third kappa shape index (κ3) is 2.74. The third-order valence-electron chi connectivity index (χ3n) is 8.20. The molecule has 0 radical (unpaired) electrons. The first-order chi connectivity index (χ1) is 14.2. The van der Waals surface area contributed by atoms with Gasteiger partial charge in [0.25, 0.3) is 0 Å². The van der Waals surface area contributed by atoms with Gasteiger partial charge in [-0.1, -0.05) is 24.3 Å². The van der Waals surface area contributed by atoms with Gasteiger partial charge in [-0.25, -0.2) is 4.98 Å². The lowest BCUT2D eigenvalue weighted by atomic mass is 9.73. The maximum absolute atomic E-state index is 12.2. The summed E-state index contributed by atoms with van der Waals surface area (Å²) in [7, 11) is 0. The number of aromatic nitrogens is 2. The number of rotatable bonds is 4. The number of Topliss-reactive ketones (excluding diaryl/α,β-unsaturated/α-hetero) is 1. The number of nitrogens with zero attached hydrogens (tertiary/aromatic N) is 3. The first-order valence-electron chi connectivity index (χ1n) is 11.2.